The smallest absolute Gasteiger partial charge is 0.234 e. The van der Waals surface area contributed by atoms with Crippen LogP contribution in [-0.2, 0) is 11.3 Å². The molecule has 0 heterocycles. The fourth-order valence-corrected chi connectivity index (χ4v) is 2.39. The highest BCUT2D eigenvalue weighted by atomic mass is 16.5. The lowest BCUT2D eigenvalue weighted by Gasteiger charge is -2.16. The zero-order valence-electron chi connectivity index (χ0n) is 14.6. The predicted molar refractivity (Wildman–Crippen MR) is 97.6 cm³/mol. The van der Waals surface area contributed by atoms with E-state index in [4.69, 9.17) is 10.5 Å². The zero-order chi connectivity index (χ0) is 17.6. The third-order valence-corrected chi connectivity index (χ3v) is 3.87. The van der Waals surface area contributed by atoms with Gasteiger partial charge in [-0.15, -0.1) is 0 Å². The molecule has 128 valence electrons. The van der Waals surface area contributed by atoms with Gasteiger partial charge in [0, 0.05) is 12.0 Å². The summed E-state index contributed by atoms with van der Waals surface area (Å²) in [5, 5.41) is 3.08. The molecule has 4 heteroatoms. The molecule has 0 fully saturated rings. The summed E-state index contributed by atoms with van der Waals surface area (Å²) in [7, 11) is 0. The molecule has 1 aromatic carbocycles. The molecule has 0 saturated heterocycles. The van der Waals surface area contributed by atoms with E-state index in [1.54, 1.807) is 6.92 Å². The molecular weight excluding hydrogens is 300 g/mol. The van der Waals surface area contributed by atoms with Crippen molar-refractivity contribution in [3.05, 3.63) is 65.8 Å². The summed E-state index contributed by atoms with van der Waals surface area (Å²) in [4.78, 5) is 11.0. The van der Waals surface area contributed by atoms with Gasteiger partial charge in [-0.3, -0.25) is 4.79 Å². The summed E-state index contributed by atoms with van der Waals surface area (Å²) < 4.78 is 5.87. The molecule has 0 bridgehead atoms. The minimum Gasteiger partial charge on any atom is -0.489 e. The van der Waals surface area contributed by atoms with Crippen molar-refractivity contribution >= 4 is 5.91 Å². The van der Waals surface area contributed by atoms with E-state index in [0.717, 1.165) is 16.9 Å². The van der Waals surface area contributed by atoms with Gasteiger partial charge in [0.25, 0.3) is 0 Å². The Bertz CT molecular complexity index is 655. The van der Waals surface area contributed by atoms with Crippen molar-refractivity contribution in [2.45, 2.75) is 33.4 Å². The maximum Gasteiger partial charge on any atom is 0.234 e. The van der Waals surface area contributed by atoms with E-state index in [9.17, 15) is 4.79 Å². The Morgan fingerprint density at radius 2 is 1.96 bits per heavy atom. The topological polar surface area (TPSA) is 64.3 Å². The predicted octanol–water partition coefficient (Wildman–Crippen LogP) is 3.11. The number of ether oxygens (including phenoxy) is 1. The lowest BCUT2D eigenvalue weighted by atomic mass is 9.91. The normalized spacial score (nSPS) is 17.0. The molecule has 0 spiro atoms. The second-order valence-electron chi connectivity index (χ2n) is 6.70. The molecular formula is C20H26N2O2. The van der Waals surface area contributed by atoms with E-state index < -0.39 is 0 Å². The van der Waals surface area contributed by atoms with Gasteiger partial charge < -0.3 is 15.8 Å². The molecule has 0 radical (unpaired) electrons. The molecule has 1 aromatic rings. The van der Waals surface area contributed by atoms with Gasteiger partial charge in [0.05, 0.1) is 6.04 Å². The minimum absolute atomic E-state index is 0.0365. The highest BCUT2D eigenvalue weighted by Gasteiger charge is 2.12. The molecule has 0 saturated carbocycles. The Morgan fingerprint density at radius 3 is 2.62 bits per heavy atom. The van der Waals surface area contributed by atoms with Gasteiger partial charge in [-0.05, 0) is 30.2 Å². The van der Waals surface area contributed by atoms with Crippen LogP contribution in [0, 0.1) is 5.41 Å². The molecule has 1 aliphatic rings. The van der Waals surface area contributed by atoms with Crippen LogP contribution >= 0.6 is 0 Å². The fraction of sp³-hybridized carbons (Fsp3) is 0.350. The van der Waals surface area contributed by atoms with Crippen LogP contribution in [0.2, 0.25) is 0 Å². The van der Waals surface area contributed by atoms with Gasteiger partial charge in [-0.25, -0.2) is 0 Å². The third kappa shape index (κ3) is 5.70. The highest BCUT2D eigenvalue weighted by molar-refractivity contribution is 5.79. The molecule has 1 aliphatic carbocycles. The number of primary amides is 1. The number of allylic oxidation sites excluding steroid dienone is 4. The van der Waals surface area contributed by atoms with Crippen LogP contribution in [0.15, 0.2) is 60.2 Å². The van der Waals surface area contributed by atoms with Gasteiger partial charge in [-0.1, -0.05) is 56.4 Å². The summed E-state index contributed by atoms with van der Waals surface area (Å²) in [5.41, 5.74) is 7.50. The van der Waals surface area contributed by atoms with Crippen LogP contribution in [0.5, 0.6) is 5.75 Å². The van der Waals surface area contributed by atoms with Gasteiger partial charge in [0.1, 0.15) is 12.4 Å². The number of nitrogens with two attached hydrogens (primary N) is 1. The van der Waals surface area contributed by atoms with E-state index >= 15 is 0 Å². The molecule has 0 unspecified atom stereocenters. The van der Waals surface area contributed by atoms with Crippen molar-refractivity contribution in [1.82, 2.24) is 5.32 Å². The van der Waals surface area contributed by atoms with Crippen molar-refractivity contribution in [3.8, 4) is 5.75 Å². The number of carbonyl (C=O) groups is 1. The third-order valence-electron chi connectivity index (χ3n) is 3.87. The Hall–Kier alpha value is -2.33. The maximum atomic E-state index is 11.0. The second kappa shape index (κ2) is 7.97. The van der Waals surface area contributed by atoms with Crippen molar-refractivity contribution < 1.29 is 9.53 Å². The molecule has 1 amide bonds. The first-order chi connectivity index (χ1) is 11.4. The SMILES string of the molecule is C[C@H](NCc1ccc(OCC2=CC(C)(C)C=CC=C2)cc1)C(N)=O. The van der Waals surface area contributed by atoms with E-state index in [0.29, 0.717) is 13.2 Å². The average molecular weight is 326 g/mol. The quantitative estimate of drug-likeness (QED) is 0.809. The molecule has 1 atom stereocenters. The monoisotopic (exact) mass is 326 g/mol. The van der Waals surface area contributed by atoms with Crippen molar-refractivity contribution in [2.75, 3.05) is 6.61 Å². The van der Waals surface area contributed by atoms with E-state index in [2.05, 4.69) is 43.5 Å². The van der Waals surface area contributed by atoms with Gasteiger partial charge in [0.2, 0.25) is 5.91 Å². The minimum atomic E-state index is -0.350. The van der Waals surface area contributed by atoms with Crippen molar-refractivity contribution in [2.24, 2.45) is 11.1 Å². The number of hydrogen-bond acceptors (Lipinski definition) is 3. The second-order valence-corrected chi connectivity index (χ2v) is 6.70. The van der Waals surface area contributed by atoms with Crippen LogP contribution in [0.1, 0.15) is 26.3 Å². The molecule has 0 aliphatic heterocycles. The Morgan fingerprint density at radius 1 is 1.25 bits per heavy atom. The zero-order valence-corrected chi connectivity index (χ0v) is 14.6. The summed E-state index contributed by atoms with van der Waals surface area (Å²) in [6, 6.07) is 7.51. The van der Waals surface area contributed by atoms with Crippen LogP contribution in [0.4, 0.5) is 0 Å². The summed E-state index contributed by atoms with van der Waals surface area (Å²) in [6.45, 7) is 7.23. The van der Waals surface area contributed by atoms with Crippen LogP contribution in [0.25, 0.3) is 0 Å². The lowest BCUT2D eigenvalue weighted by Crippen LogP contribution is -2.38. The van der Waals surface area contributed by atoms with Crippen LogP contribution in [0.3, 0.4) is 0 Å². The summed E-state index contributed by atoms with van der Waals surface area (Å²) in [6.07, 6.45) is 10.6. The lowest BCUT2D eigenvalue weighted by molar-refractivity contribution is -0.119. The number of rotatable bonds is 7. The number of carbonyl (C=O) groups excluding carboxylic acids is 1. The van der Waals surface area contributed by atoms with E-state index in [-0.39, 0.29) is 17.4 Å². The molecule has 4 nitrogen and oxygen atoms in total. The first-order valence-corrected chi connectivity index (χ1v) is 8.18. The Balaban J connectivity index is 1.88. The number of amides is 1. The summed E-state index contributed by atoms with van der Waals surface area (Å²) in [5.74, 6) is 0.475. The Kier molecular flexibility index (Phi) is 5.99. The fourth-order valence-electron chi connectivity index (χ4n) is 2.39. The molecule has 3 N–H and O–H groups in total. The summed E-state index contributed by atoms with van der Waals surface area (Å²) >= 11 is 0. The van der Waals surface area contributed by atoms with Crippen LogP contribution in [-0.4, -0.2) is 18.6 Å². The van der Waals surface area contributed by atoms with E-state index in [1.807, 2.05) is 30.3 Å². The van der Waals surface area contributed by atoms with Gasteiger partial charge in [0.15, 0.2) is 0 Å². The maximum absolute atomic E-state index is 11.0. The number of benzene rings is 1. The largest absolute Gasteiger partial charge is 0.489 e. The number of nitrogens with one attached hydrogen (secondary N) is 1. The highest BCUT2D eigenvalue weighted by Crippen LogP contribution is 2.24. The van der Waals surface area contributed by atoms with Crippen molar-refractivity contribution in [3.63, 3.8) is 0 Å². The average Bonchev–Trinajstić information content (AvgIpc) is 2.71. The standard InChI is InChI=1S/C20H26N2O2/c1-15(19(21)23)22-13-16-7-9-18(10-8-16)24-14-17-6-4-5-11-20(2,3)12-17/h4-12,15,22H,13-14H2,1-3H3,(H2,21,23)/t15-/m0/s1. The first-order valence-electron chi connectivity index (χ1n) is 8.18. The van der Waals surface area contributed by atoms with Crippen molar-refractivity contribution in [1.29, 1.82) is 0 Å². The molecule has 2 rings (SSSR count). The molecule has 0 aromatic heterocycles. The van der Waals surface area contributed by atoms with E-state index in [1.165, 1.54) is 0 Å². The number of hydrogen-bond donors (Lipinski definition) is 2. The van der Waals surface area contributed by atoms with Gasteiger partial charge in [-0.2, -0.15) is 0 Å². The first kappa shape index (κ1) is 18.0. The van der Waals surface area contributed by atoms with Crippen LogP contribution < -0.4 is 15.8 Å². The Labute approximate surface area is 144 Å². The van der Waals surface area contributed by atoms with Gasteiger partial charge >= 0.3 is 0 Å². The molecule has 24 heavy (non-hydrogen) atoms.